The van der Waals surface area contributed by atoms with Gasteiger partial charge in [0.25, 0.3) is 0 Å². The van der Waals surface area contributed by atoms with E-state index in [-0.39, 0.29) is 5.69 Å². The third-order valence-corrected chi connectivity index (χ3v) is 4.76. The van der Waals surface area contributed by atoms with Gasteiger partial charge in [0, 0.05) is 9.30 Å². The molecule has 1 heterocycles. The van der Waals surface area contributed by atoms with Crippen molar-refractivity contribution in [2.75, 3.05) is 0 Å². The van der Waals surface area contributed by atoms with E-state index in [4.69, 9.17) is 0 Å². The summed E-state index contributed by atoms with van der Waals surface area (Å²) in [7, 11) is 0. The van der Waals surface area contributed by atoms with E-state index in [0.29, 0.717) is 4.83 Å². The van der Waals surface area contributed by atoms with Gasteiger partial charge in [-0.2, -0.15) is 0 Å². The zero-order valence-electron chi connectivity index (χ0n) is 9.09. The molecule has 3 nitrogen and oxygen atoms in total. The largest absolute Gasteiger partial charge is 0.323 e. The maximum atomic E-state index is 11.2. The molecule has 0 radical (unpaired) electrons. The predicted octanol–water partition coefficient (Wildman–Crippen LogP) is 3.85. The van der Waals surface area contributed by atoms with Gasteiger partial charge in [-0.3, -0.25) is 0 Å². The zero-order chi connectivity index (χ0) is 12.0. The molecular weight excluding hydrogens is 348 g/mol. The second-order valence-corrected chi connectivity index (χ2v) is 6.60. The molecule has 1 aliphatic rings. The Kier molecular flexibility index (Phi) is 2.91. The van der Waals surface area contributed by atoms with Gasteiger partial charge in [0.1, 0.15) is 0 Å². The molecule has 1 aromatic heterocycles. The van der Waals surface area contributed by atoms with Crippen molar-refractivity contribution in [3.8, 4) is 0 Å². The van der Waals surface area contributed by atoms with E-state index in [0.717, 1.165) is 21.4 Å². The van der Waals surface area contributed by atoms with Crippen molar-refractivity contribution in [1.29, 1.82) is 0 Å². The fourth-order valence-corrected chi connectivity index (χ4v) is 3.92. The number of halogens is 2. The number of aromatic nitrogens is 2. The Morgan fingerprint density at radius 1 is 1.29 bits per heavy atom. The highest BCUT2D eigenvalue weighted by atomic mass is 79.9. The lowest BCUT2D eigenvalue weighted by atomic mass is 10.1. The topological polar surface area (TPSA) is 48.6 Å². The maximum Gasteiger partial charge on any atom is 0.323 e. The molecule has 1 aromatic carbocycles. The number of alkyl halides is 1. The summed E-state index contributed by atoms with van der Waals surface area (Å²) in [4.78, 5) is 17.1. The van der Waals surface area contributed by atoms with Gasteiger partial charge in [-0.25, -0.2) is 4.79 Å². The Morgan fingerprint density at radius 2 is 1.94 bits per heavy atom. The summed E-state index contributed by atoms with van der Waals surface area (Å²) in [5.41, 5.74) is 2.77. The van der Waals surface area contributed by atoms with Crippen LogP contribution >= 0.6 is 31.9 Å². The molecule has 0 bridgehead atoms. The van der Waals surface area contributed by atoms with Crippen molar-refractivity contribution < 1.29 is 0 Å². The molecule has 5 heteroatoms. The number of hydrogen-bond donors (Lipinski definition) is 2. The number of hydrogen-bond acceptors (Lipinski definition) is 1. The molecule has 0 amide bonds. The molecule has 1 saturated carbocycles. The Labute approximate surface area is 115 Å². The molecular formula is C12H12Br2N2O. The molecule has 1 aliphatic carbocycles. The fourth-order valence-electron chi connectivity index (χ4n) is 2.09. The number of fused-ring (bicyclic) bond motifs is 1. The SMILES string of the molecule is O=c1[nH]c2cc(Br)c(C(Br)CC3CC3)cc2[nH]1. The monoisotopic (exact) mass is 358 g/mol. The van der Waals surface area contributed by atoms with E-state index in [1.807, 2.05) is 12.1 Å². The second-order valence-electron chi connectivity index (χ2n) is 4.65. The number of aromatic amines is 2. The molecule has 90 valence electrons. The maximum absolute atomic E-state index is 11.2. The molecule has 3 rings (SSSR count). The Morgan fingerprint density at radius 3 is 2.59 bits per heavy atom. The second kappa shape index (κ2) is 4.28. The highest BCUT2D eigenvalue weighted by Gasteiger charge is 2.26. The van der Waals surface area contributed by atoms with Gasteiger partial charge >= 0.3 is 5.69 Å². The lowest BCUT2D eigenvalue weighted by Crippen LogP contribution is -1.99. The number of benzene rings is 1. The van der Waals surface area contributed by atoms with Crippen LogP contribution < -0.4 is 5.69 Å². The van der Waals surface area contributed by atoms with Gasteiger partial charge in [-0.15, -0.1) is 0 Å². The minimum Gasteiger partial charge on any atom is -0.306 e. The van der Waals surface area contributed by atoms with Crippen LogP contribution in [0.25, 0.3) is 11.0 Å². The van der Waals surface area contributed by atoms with E-state index in [1.165, 1.54) is 24.8 Å². The molecule has 0 spiro atoms. The van der Waals surface area contributed by atoms with E-state index in [2.05, 4.69) is 41.8 Å². The first kappa shape index (κ1) is 11.5. The quantitative estimate of drug-likeness (QED) is 0.803. The highest BCUT2D eigenvalue weighted by molar-refractivity contribution is 9.11. The van der Waals surface area contributed by atoms with Crippen molar-refractivity contribution >= 4 is 42.9 Å². The van der Waals surface area contributed by atoms with Gasteiger partial charge in [0.2, 0.25) is 0 Å². The van der Waals surface area contributed by atoms with E-state index >= 15 is 0 Å². The van der Waals surface area contributed by atoms with E-state index < -0.39 is 0 Å². The molecule has 2 aromatic rings. The molecule has 1 unspecified atom stereocenters. The van der Waals surface area contributed by atoms with Crippen molar-refractivity contribution in [2.24, 2.45) is 5.92 Å². The predicted molar refractivity (Wildman–Crippen MR) is 75.6 cm³/mol. The molecule has 0 aliphatic heterocycles. The normalized spacial score (nSPS) is 17.5. The van der Waals surface area contributed by atoms with E-state index in [1.54, 1.807) is 0 Å². The van der Waals surface area contributed by atoms with Gasteiger partial charge in [-0.05, 0) is 30.0 Å². The zero-order valence-corrected chi connectivity index (χ0v) is 12.3. The van der Waals surface area contributed by atoms with Crippen LogP contribution in [-0.4, -0.2) is 9.97 Å². The summed E-state index contributed by atoms with van der Waals surface area (Å²) in [6.07, 6.45) is 3.87. The van der Waals surface area contributed by atoms with Gasteiger partial charge < -0.3 is 9.97 Å². The number of rotatable bonds is 3. The summed E-state index contributed by atoms with van der Waals surface area (Å²) in [5, 5.41) is 0. The number of nitrogens with one attached hydrogen (secondary N) is 2. The van der Waals surface area contributed by atoms with Crippen LogP contribution in [0.15, 0.2) is 21.4 Å². The molecule has 1 atom stereocenters. The van der Waals surface area contributed by atoms with Crippen LogP contribution in [0.4, 0.5) is 0 Å². The fraction of sp³-hybridized carbons (Fsp3) is 0.417. The van der Waals surface area contributed by atoms with Crippen molar-refractivity contribution in [3.63, 3.8) is 0 Å². The van der Waals surface area contributed by atoms with Crippen molar-refractivity contribution in [3.05, 3.63) is 32.7 Å². The minimum atomic E-state index is -0.155. The van der Waals surface area contributed by atoms with Crippen LogP contribution in [0.2, 0.25) is 0 Å². The van der Waals surface area contributed by atoms with Crippen molar-refractivity contribution in [1.82, 2.24) is 9.97 Å². The first-order valence-electron chi connectivity index (χ1n) is 5.69. The lowest BCUT2D eigenvalue weighted by molar-refractivity contribution is 0.720. The van der Waals surface area contributed by atoms with Crippen LogP contribution in [0.1, 0.15) is 29.7 Å². The minimum absolute atomic E-state index is 0.155. The molecule has 1 fully saturated rings. The van der Waals surface area contributed by atoms with Crippen molar-refractivity contribution in [2.45, 2.75) is 24.1 Å². The van der Waals surface area contributed by atoms with E-state index in [9.17, 15) is 4.79 Å². The standard InChI is InChI=1S/C12H12Br2N2O/c13-8(3-6-1-2-6)7-4-10-11(5-9(7)14)16-12(17)15-10/h4-6,8H,1-3H2,(H2,15,16,17). The first-order valence-corrected chi connectivity index (χ1v) is 7.40. The van der Waals surface area contributed by atoms with Gasteiger partial charge in [-0.1, -0.05) is 44.7 Å². The Balaban J connectivity index is 2.01. The Bertz CT molecular complexity index is 612. The van der Waals surface area contributed by atoms with Gasteiger partial charge in [0.15, 0.2) is 0 Å². The van der Waals surface area contributed by atoms with Crippen LogP contribution in [0.3, 0.4) is 0 Å². The van der Waals surface area contributed by atoms with Crippen LogP contribution in [-0.2, 0) is 0 Å². The summed E-state index contributed by atoms with van der Waals surface area (Å²) < 4.78 is 1.04. The molecule has 0 saturated heterocycles. The summed E-state index contributed by atoms with van der Waals surface area (Å²) in [5.74, 6) is 0.868. The highest BCUT2D eigenvalue weighted by Crippen LogP contribution is 2.43. The average molecular weight is 360 g/mol. The smallest absolute Gasteiger partial charge is 0.306 e. The van der Waals surface area contributed by atoms with Crippen LogP contribution in [0, 0.1) is 5.92 Å². The number of imidazole rings is 1. The molecule has 2 N–H and O–H groups in total. The summed E-state index contributed by atoms with van der Waals surface area (Å²) in [6, 6.07) is 4.00. The first-order chi connectivity index (χ1) is 8.13. The lowest BCUT2D eigenvalue weighted by Gasteiger charge is -2.11. The van der Waals surface area contributed by atoms with Gasteiger partial charge in [0.05, 0.1) is 11.0 Å². The average Bonchev–Trinajstić information content (AvgIpc) is 2.98. The number of H-pyrrole nitrogens is 2. The third-order valence-electron chi connectivity index (χ3n) is 3.21. The third kappa shape index (κ3) is 2.36. The summed E-state index contributed by atoms with van der Waals surface area (Å²) >= 11 is 7.31. The van der Waals surface area contributed by atoms with Crippen LogP contribution in [0.5, 0.6) is 0 Å². The summed E-state index contributed by atoms with van der Waals surface area (Å²) in [6.45, 7) is 0. The Hall–Kier alpha value is -0.550. The molecule has 17 heavy (non-hydrogen) atoms.